The smallest absolute Gasteiger partial charge is 0.169 e. The van der Waals surface area contributed by atoms with Crippen LogP contribution in [0.4, 0.5) is 11.6 Å². The Hall–Kier alpha value is -2.75. The molecule has 7 heteroatoms. The largest absolute Gasteiger partial charge is 0.352 e. The predicted molar refractivity (Wildman–Crippen MR) is 82.7 cm³/mol. The molecule has 3 heterocycles. The van der Waals surface area contributed by atoms with Crippen LogP contribution >= 0.6 is 0 Å². The molecule has 0 saturated carbocycles. The maximum atomic E-state index is 9.41. The number of aryl methyl sites for hydroxylation is 1. The first-order chi connectivity index (χ1) is 10.7. The van der Waals surface area contributed by atoms with Crippen molar-refractivity contribution in [2.24, 2.45) is 0 Å². The Labute approximate surface area is 129 Å². The molecule has 0 amide bonds. The monoisotopic (exact) mass is 295 g/mol. The molecule has 0 radical (unpaired) electrons. The zero-order valence-electron chi connectivity index (χ0n) is 12.7. The maximum absolute atomic E-state index is 9.41. The average molecular weight is 295 g/mol. The summed E-state index contributed by atoms with van der Waals surface area (Å²) in [4.78, 5) is 12.7. The lowest BCUT2D eigenvalue weighted by Gasteiger charge is -2.36. The van der Waals surface area contributed by atoms with Gasteiger partial charge in [-0.15, -0.1) is 5.10 Å². The second-order valence-electron chi connectivity index (χ2n) is 5.26. The molecule has 1 aliphatic rings. The lowest BCUT2D eigenvalue weighted by molar-refractivity contribution is 0.635. The number of hydrogen-bond acceptors (Lipinski definition) is 7. The van der Waals surface area contributed by atoms with Crippen molar-refractivity contribution in [1.82, 2.24) is 20.2 Å². The summed E-state index contributed by atoms with van der Waals surface area (Å²) in [5, 5.41) is 17.8. The predicted octanol–water partition coefficient (Wildman–Crippen LogP) is 1.08. The van der Waals surface area contributed by atoms with Crippen molar-refractivity contribution in [3.05, 3.63) is 35.4 Å². The van der Waals surface area contributed by atoms with Crippen molar-refractivity contribution in [3.63, 3.8) is 0 Å². The third-order valence-corrected chi connectivity index (χ3v) is 4.00. The van der Waals surface area contributed by atoms with E-state index in [1.165, 1.54) is 0 Å². The van der Waals surface area contributed by atoms with Gasteiger partial charge in [0.1, 0.15) is 17.5 Å². The summed E-state index contributed by atoms with van der Waals surface area (Å²) < 4.78 is 0. The second-order valence-corrected chi connectivity index (χ2v) is 5.26. The highest BCUT2D eigenvalue weighted by Gasteiger charge is 2.23. The highest BCUT2D eigenvalue weighted by molar-refractivity contribution is 5.58. The van der Waals surface area contributed by atoms with Crippen molar-refractivity contribution in [1.29, 1.82) is 5.26 Å². The normalized spacial score (nSPS) is 14.8. The van der Waals surface area contributed by atoms with E-state index in [0.717, 1.165) is 43.3 Å². The standard InChI is InChI=1S/C15H17N7/c1-11-12(2)19-20-15(13(11)9-16)22-7-5-21(6-8-22)14-10-17-3-4-18-14/h3-4,10H,5-8H2,1-2H3. The lowest BCUT2D eigenvalue weighted by atomic mass is 10.1. The summed E-state index contributed by atoms with van der Waals surface area (Å²) in [6.45, 7) is 6.99. The Morgan fingerprint density at radius 3 is 2.41 bits per heavy atom. The molecule has 0 unspecified atom stereocenters. The summed E-state index contributed by atoms with van der Waals surface area (Å²) in [5.41, 5.74) is 2.34. The van der Waals surface area contributed by atoms with E-state index in [4.69, 9.17) is 0 Å². The minimum absolute atomic E-state index is 0.625. The fourth-order valence-electron chi connectivity index (χ4n) is 2.55. The lowest BCUT2D eigenvalue weighted by Crippen LogP contribution is -2.47. The first-order valence-electron chi connectivity index (χ1n) is 7.20. The van der Waals surface area contributed by atoms with Gasteiger partial charge >= 0.3 is 0 Å². The third-order valence-electron chi connectivity index (χ3n) is 4.00. The number of aromatic nitrogens is 4. The van der Waals surface area contributed by atoms with Gasteiger partial charge in [-0.2, -0.15) is 10.4 Å². The summed E-state index contributed by atoms with van der Waals surface area (Å²) >= 11 is 0. The third kappa shape index (κ3) is 2.55. The van der Waals surface area contributed by atoms with Crippen molar-refractivity contribution < 1.29 is 0 Å². The Bertz CT molecular complexity index is 700. The SMILES string of the molecule is Cc1nnc(N2CCN(c3cnccn3)CC2)c(C#N)c1C. The molecular weight excluding hydrogens is 278 g/mol. The highest BCUT2D eigenvalue weighted by atomic mass is 15.3. The molecule has 112 valence electrons. The first-order valence-corrected chi connectivity index (χ1v) is 7.20. The highest BCUT2D eigenvalue weighted by Crippen LogP contribution is 2.23. The molecule has 0 bridgehead atoms. The number of nitrogens with zero attached hydrogens (tertiary/aromatic N) is 7. The van der Waals surface area contributed by atoms with E-state index >= 15 is 0 Å². The summed E-state index contributed by atoms with van der Waals surface area (Å²) in [7, 11) is 0. The topological polar surface area (TPSA) is 81.8 Å². The van der Waals surface area contributed by atoms with Gasteiger partial charge in [0.2, 0.25) is 0 Å². The van der Waals surface area contributed by atoms with Crippen LogP contribution in [0.5, 0.6) is 0 Å². The van der Waals surface area contributed by atoms with E-state index in [0.29, 0.717) is 11.4 Å². The summed E-state index contributed by atoms with van der Waals surface area (Å²) in [6, 6.07) is 2.26. The number of piperazine rings is 1. The number of anilines is 2. The molecule has 3 rings (SSSR count). The van der Waals surface area contributed by atoms with Gasteiger partial charge in [0.25, 0.3) is 0 Å². The van der Waals surface area contributed by atoms with E-state index in [1.807, 2.05) is 13.8 Å². The van der Waals surface area contributed by atoms with Crippen LogP contribution in [0.3, 0.4) is 0 Å². The van der Waals surface area contributed by atoms with Crippen LogP contribution in [-0.2, 0) is 0 Å². The van der Waals surface area contributed by atoms with Crippen LogP contribution in [0.1, 0.15) is 16.8 Å². The van der Waals surface area contributed by atoms with Crippen molar-refractivity contribution >= 4 is 11.6 Å². The van der Waals surface area contributed by atoms with Gasteiger partial charge in [-0.05, 0) is 19.4 Å². The molecule has 1 saturated heterocycles. The number of hydrogen-bond donors (Lipinski definition) is 0. The van der Waals surface area contributed by atoms with Crippen molar-refractivity contribution in [3.8, 4) is 6.07 Å². The van der Waals surface area contributed by atoms with Crippen LogP contribution in [0.25, 0.3) is 0 Å². The first kappa shape index (κ1) is 14.2. The molecule has 0 aromatic carbocycles. The Morgan fingerprint density at radius 1 is 1.05 bits per heavy atom. The molecule has 0 spiro atoms. The Balaban J connectivity index is 1.78. The van der Waals surface area contributed by atoms with Gasteiger partial charge in [0, 0.05) is 38.6 Å². The Morgan fingerprint density at radius 2 is 1.77 bits per heavy atom. The summed E-state index contributed by atoms with van der Waals surface area (Å²) in [5.74, 6) is 1.57. The van der Waals surface area contributed by atoms with Crippen LogP contribution < -0.4 is 9.80 Å². The number of nitriles is 1. The second kappa shape index (κ2) is 5.93. The van der Waals surface area contributed by atoms with E-state index < -0.39 is 0 Å². The molecule has 2 aromatic rings. The molecule has 1 aliphatic heterocycles. The van der Waals surface area contributed by atoms with Crippen LogP contribution in [0, 0.1) is 25.2 Å². The molecule has 1 fully saturated rings. The van der Waals surface area contributed by atoms with Crippen LogP contribution in [-0.4, -0.2) is 46.3 Å². The van der Waals surface area contributed by atoms with Crippen LogP contribution in [0.2, 0.25) is 0 Å². The van der Waals surface area contributed by atoms with E-state index in [2.05, 4.69) is 36.0 Å². The molecular formula is C15H17N7. The quantitative estimate of drug-likeness (QED) is 0.820. The molecule has 0 aliphatic carbocycles. The fraction of sp³-hybridized carbons (Fsp3) is 0.400. The van der Waals surface area contributed by atoms with Crippen LogP contribution in [0.15, 0.2) is 18.6 Å². The van der Waals surface area contributed by atoms with Gasteiger partial charge in [-0.25, -0.2) is 4.98 Å². The molecule has 2 aromatic heterocycles. The van der Waals surface area contributed by atoms with Gasteiger partial charge in [-0.1, -0.05) is 0 Å². The van der Waals surface area contributed by atoms with E-state index in [1.54, 1.807) is 18.6 Å². The molecule has 0 atom stereocenters. The van der Waals surface area contributed by atoms with E-state index in [9.17, 15) is 5.26 Å². The van der Waals surface area contributed by atoms with Gasteiger partial charge in [0.15, 0.2) is 5.82 Å². The Kier molecular flexibility index (Phi) is 3.83. The van der Waals surface area contributed by atoms with Gasteiger partial charge in [-0.3, -0.25) is 4.98 Å². The maximum Gasteiger partial charge on any atom is 0.169 e. The minimum Gasteiger partial charge on any atom is -0.352 e. The fourth-order valence-corrected chi connectivity index (χ4v) is 2.55. The molecule has 0 N–H and O–H groups in total. The molecule has 7 nitrogen and oxygen atoms in total. The van der Waals surface area contributed by atoms with Gasteiger partial charge in [0.05, 0.1) is 11.9 Å². The van der Waals surface area contributed by atoms with Crippen molar-refractivity contribution in [2.75, 3.05) is 36.0 Å². The minimum atomic E-state index is 0.625. The summed E-state index contributed by atoms with van der Waals surface area (Å²) in [6.07, 6.45) is 5.14. The number of rotatable bonds is 2. The van der Waals surface area contributed by atoms with Crippen molar-refractivity contribution in [2.45, 2.75) is 13.8 Å². The van der Waals surface area contributed by atoms with Gasteiger partial charge < -0.3 is 9.80 Å². The van der Waals surface area contributed by atoms with E-state index in [-0.39, 0.29) is 0 Å². The average Bonchev–Trinajstić information content (AvgIpc) is 2.58. The zero-order valence-corrected chi connectivity index (χ0v) is 12.7. The molecule has 22 heavy (non-hydrogen) atoms. The zero-order chi connectivity index (χ0) is 15.5.